The third kappa shape index (κ3) is 5.60. The molecule has 0 aliphatic carbocycles. The molecule has 0 bridgehead atoms. The minimum absolute atomic E-state index is 0.0878. The Labute approximate surface area is 225 Å². The summed E-state index contributed by atoms with van der Waals surface area (Å²) in [5.41, 5.74) is 3.29. The quantitative estimate of drug-likeness (QED) is 0.305. The van der Waals surface area contributed by atoms with Crippen LogP contribution in [0.25, 0.3) is 0 Å². The summed E-state index contributed by atoms with van der Waals surface area (Å²) < 4.78 is 5.26. The largest absolute Gasteiger partial charge is 0.459 e. The fraction of sp³-hybridized carbons (Fsp3) is 0.172. The van der Waals surface area contributed by atoms with E-state index in [9.17, 15) is 19.2 Å². The minimum Gasteiger partial charge on any atom is -0.459 e. The minimum atomic E-state index is -0.636. The molecule has 0 saturated carbocycles. The average Bonchev–Trinajstić information content (AvgIpc) is 3.06. The van der Waals surface area contributed by atoms with Crippen LogP contribution in [-0.2, 0) is 14.3 Å². The first-order valence-corrected chi connectivity index (χ1v) is 12.3. The molecule has 38 heavy (non-hydrogen) atoms. The first-order chi connectivity index (χ1) is 18.0. The van der Waals surface area contributed by atoms with Gasteiger partial charge in [0, 0.05) is 11.3 Å². The smallest absolute Gasteiger partial charge is 0.340 e. The van der Waals surface area contributed by atoms with Gasteiger partial charge in [0.05, 0.1) is 23.0 Å². The molecule has 0 unspecified atom stereocenters. The van der Waals surface area contributed by atoms with Gasteiger partial charge in [-0.1, -0.05) is 35.9 Å². The van der Waals surface area contributed by atoms with E-state index < -0.39 is 23.7 Å². The van der Waals surface area contributed by atoms with Crippen molar-refractivity contribution in [1.29, 1.82) is 0 Å². The lowest BCUT2D eigenvalue weighted by atomic mass is 10.1. The second-order valence-corrected chi connectivity index (χ2v) is 9.52. The SMILES string of the molecule is Cc1cc(C)cc(N2C(=O)C(Cl)=C(Nc3cccc(C(=O)Nc4ccccc4C(=O)OC(C)C)c3)C2=O)c1. The fourth-order valence-electron chi connectivity index (χ4n) is 4.05. The summed E-state index contributed by atoms with van der Waals surface area (Å²) in [6, 6.07) is 18.3. The van der Waals surface area contributed by atoms with Crippen molar-refractivity contribution in [2.24, 2.45) is 0 Å². The van der Waals surface area contributed by atoms with Crippen molar-refractivity contribution in [2.75, 3.05) is 15.5 Å². The standard InChI is InChI=1S/C29H26ClN3O5/c1-16(2)38-29(37)22-10-5-6-11-23(22)32-26(34)19-8-7-9-20(15-19)31-25-24(30)27(35)33(28(25)36)21-13-17(3)12-18(4)14-21/h5-16,31H,1-4H3,(H,32,34). The predicted molar refractivity (Wildman–Crippen MR) is 146 cm³/mol. The molecule has 1 aliphatic heterocycles. The number of anilines is 3. The zero-order chi connectivity index (χ0) is 27.6. The molecule has 9 heteroatoms. The lowest BCUT2D eigenvalue weighted by molar-refractivity contribution is -0.120. The summed E-state index contributed by atoms with van der Waals surface area (Å²) >= 11 is 6.27. The van der Waals surface area contributed by atoms with Crippen LogP contribution in [0.15, 0.2) is 77.5 Å². The van der Waals surface area contributed by atoms with Gasteiger partial charge in [0.25, 0.3) is 17.7 Å². The highest BCUT2D eigenvalue weighted by Gasteiger charge is 2.39. The molecule has 8 nitrogen and oxygen atoms in total. The molecular formula is C29H26ClN3O5. The van der Waals surface area contributed by atoms with Crippen LogP contribution in [0.3, 0.4) is 0 Å². The first-order valence-electron chi connectivity index (χ1n) is 11.9. The number of nitrogens with one attached hydrogen (secondary N) is 2. The van der Waals surface area contributed by atoms with Crippen LogP contribution in [0, 0.1) is 13.8 Å². The highest BCUT2D eigenvalue weighted by atomic mass is 35.5. The molecule has 3 aromatic rings. The molecule has 0 spiro atoms. The average molecular weight is 532 g/mol. The molecule has 2 N–H and O–H groups in total. The first kappa shape index (κ1) is 26.6. The van der Waals surface area contributed by atoms with Crippen LogP contribution < -0.4 is 15.5 Å². The lowest BCUT2D eigenvalue weighted by Crippen LogP contribution is -2.32. The van der Waals surface area contributed by atoms with E-state index in [4.69, 9.17) is 16.3 Å². The van der Waals surface area contributed by atoms with Gasteiger partial charge in [-0.3, -0.25) is 14.4 Å². The number of esters is 1. The molecule has 0 aromatic heterocycles. The molecule has 0 atom stereocenters. The van der Waals surface area contributed by atoms with Gasteiger partial charge in [-0.2, -0.15) is 0 Å². The highest BCUT2D eigenvalue weighted by Crippen LogP contribution is 2.31. The lowest BCUT2D eigenvalue weighted by Gasteiger charge is -2.16. The maximum atomic E-state index is 13.2. The van der Waals surface area contributed by atoms with Crippen LogP contribution in [-0.4, -0.2) is 29.8 Å². The Kier molecular flexibility index (Phi) is 7.64. The number of imide groups is 1. The van der Waals surface area contributed by atoms with Gasteiger partial charge in [0.2, 0.25) is 0 Å². The summed E-state index contributed by atoms with van der Waals surface area (Å²) in [6.07, 6.45) is -0.314. The van der Waals surface area contributed by atoms with Crippen molar-refractivity contribution in [3.05, 3.63) is 99.7 Å². The molecule has 0 fully saturated rings. The van der Waals surface area contributed by atoms with Gasteiger partial charge in [-0.15, -0.1) is 0 Å². The number of carbonyl (C=O) groups is 4. The van der Waals surface area contributed by atoms with E-state index in [0.717, 1.165) is 16.0 Å². The number of benzene rings is 3. The van der Waals surface area contributed by atoms with E-state index in [-0.39, 0.29) is 28.0 Å². The van der Waals surface area contributed by atoms with Crippen LogP contribution in [0.2, 0.25) is 0 Å². The summed E-state index contributed by atoms with van der Waals surface area (Å²) in [6.45, 7) is 7.22. The highest BCUT2D eigenvalue weighted by molar-refractivity contribution is 6.53. The second kappa shape index (κ2) is 10.9. The topological polar surface area (TPSA) is 105 Å². The summed E-state index contributed by atoms with van der Waals surface area (Å²) in [4.78, 5) is 52.5. The normalized spacial score (nSPS) is 13.3. The summed E-state index contributed by atoms with van der Waals surface area (Å²) in [5, 5.41) is 5.37. The van der Waals surface area contributed by atoms with Gasteiger partial charge >= 0.3 is 5.97 Å². The summed E-state index contributed by atoms with van der Waals surface area (Å²) in [5.74, 6) is -2.27. The molecule has 3 amide bonds. The van der Waals surface area contributed by atoms with Gasteiger partial charge < -0.3 is 15.4 Å². The van der Waals surface area contributed by atoms with Crippen molar-refractivity contribution in [2.45, 2.75) is 33.8 Å². The van der Waals surface area contributed by atoms with E-state index in [2.05, 4.69) is 10.6 Å². The van der Waals surface area contributed by atoms with Gasteiger partial charge in [-0.05, 0) is 81.3 Å². The number of halogens is 1. The number of ether oxygens (including phenoxy) is 1. The second-order valence-electron chi connectivity index (χ2n) is 9.14. The molecule has 0 saturated heterocycles. The van der Waals surface area contributed by atoms with Crippen molar-refractivity contribution in [1.82, 2.24) is 0 Å². The number of amides is 3. The molecule has 0 radical (unpaired) electrons. The molecule has 1 aliphatic rings. The van der Waals surface area contributed by atoms with Crippen LogP contribution in [0.4, 0.5) is 17.1 Å². The van der Waals surface area contributed by atoms with Gasteiger partial charge in [-0.25, -0.2) is 9.69 Å². The zero-order valence-electron chi connectivity index (χ0n) is 21.3. The Balaban J connectivity index is 1.54. The van der Waals surface area contributed by atoms with Crippen LogP contribution >= 0.6 is 11.6 Å². The number of aryl methyl sites for hydroxylation is 2. The number of hydrogen-bond donors (Lipinski definition) is 2. The van der Waals surface area contributed by atoms with E-state index in [1.807, 2.05) is 19.9 Å². The van der Waals surface area contributed by atoms with E-state index in [1.54, 1.807) is 68.4 Å². The van der Waals surface area contributed by atoms with E-state index >= 15 is 0 Å². The van der Waals surface area contributed by atoms with E-state index in [0.29, 0.717) is 17.1 Å². The van der Waals surface area contributed by atoms with Gasteiger partial charge in [0.15, 0.2) is 0 Å². The monoisotopic (exact) mass is 531 g/mol. The Morgan fingerprint density at radius 2 is 1.58 bits per heavy atom. The summed E-state index contributed by atoms with van der Waals surface area (Å²) in [7, 11) is 0. The van der Waals surface area contributed by atoms with Crippen molar-refractivity contribution in [3.63, 3.8) is 0 Å². The Bertz CT molecular complexity index is 1470. The number of para-hydroxylation sites is 1. The van der Waals surface area contributed by atoms with E-state index in [1.165, 1.54) is 6.07 Å². The Morgan fingerprint density at radius 1 is 0.895 bits per heavy atom. The number of rotatable bonds is 7. The maximum absolute atomic E-state index is 13.2. The van der Waals surface area contributed by atoms with Crippen LogP contribution in [0.5, 0.6) is 0 Å². The Hall–Kier alpha value is -4.43. The predicted octanol–water partition coefficient (Wildman–Crippen LogP) is 5.56. The van der Waals surface area contributed by atoms with Gasteiger partial charge in [0.1, 0.15) is 10.7 Å². The maximum Gasteiger partial charge on any atom is 0.340 e. The number of carbonyl (C=O) groups excluding carboxylic acids is 4. The number of hydrogen-bond acceptors (Lipinski definition) is 6. The molecule has 3 aromatic carbocycles. The molecule has 4 rings (SSSR count). The number of nitrogens with zero attached hydrogens (tertiary/aromatic N) is 1. The zero-order valence-corrected chi connectivity index (χ0v) is 22.1. The van der Waals surface area contributed by atoms with Crippen molar-refractivity contribution < 1.29 is 23.9 Å². The van der Waals surface area contributed by atoms with Crippen molar-refractivity contribution in [3.8, 4) is 0 Å². The molecular weight excluding hydrogens is 506 g/mol. The third-order valence-corrected chi connectivity index (χ3v) is 5.97. The molecule has 1 heterocycles. The fourth-order valence-corrected chi connectivity index (χ4v) is 4.26. The Morgan fingerprint density at radius 3 is 2.26 bits per heavy atom. The third-order valence-electron chi connectivity index (χ3n) is 5.62. The molecule has 194 valence electrons. The van der Waals surface area contributed by atoms with Crippen LogP contribution in [0.1, 0.15) is 45.7 Å². The van der Waals surface area contributed by atoms with Crippen molar-refractivity contribution >= 4 is 52.4 Å².